The average Bonchev–Trinajstić information content (AvgIpc) is 2.80. The summed E-state index contributed by atoms with van der Waals surface area (Å²) in [6.07, 6.45) is 4.50. The standard InChI is InChI=1S/C15H24INOSi/c1-15(2,3)12-9-18-14(17-12)13-10(16)7-8-11(13)19(4,5)6/h7-8,12,17H,9H2,1-6H3/t12-/m1/s1. The van der Waals surface area contributed by atoms with E-state index in [-0.39, 0.29) is 5.41 Å². The lowest BCUT2D eigenvalue weighted by atomic mass is 9.88. The molecule has 0 spiro atoms. The van der Waals surface area contributed by atoms with Gasteiger partial charge in [0.2, 0.25) is 0 Å². The van der Waals surface area contributed by atoms with E-state index in [1.165, 1.54) is 14.3 Å². The summed E-state index contributed by atoms with van der Waals surface area (Å²) in [7, 11) is -1.34. The molecule has 1 fully saturated rings. The zero-order valence-electron chi connectivity index (χ0n) is 12.7. The maximum absolute atomic E-state index is 5.98. The number of hydrogen-bond donors (Lipinski definition) is 1. The van der Waals surface area contributed by atoms with Crippen molar-refractivity contribution in [2.24, 2.45) is 5.41 Å². The third-order valence-electron chi connectivity index (χ3n) is 3.68. The van der Waals surface area contributed by atoms with Crippen LogP contribution >= 0.6 is 22.6 Å². The van der Waals surface area contributed by atoms with Crippen molar-refractivity contribution < 1.29 is 4.74 Å². The van der Waals surface area contributed by atoms with Gasteiger partial charge in [-0.2, -0.15) is 0 Å². The number of allylic oxidation sites excluding steroid dienone is 5. The van der Waals surface area contributed by atoms with Gasteiger partial charge >= 0.3 is 0 Å². The van der Waals surface area contributed by atoms with Gasteiger partial charge in [0.05, 0.1) is 14.1 Å². The largest absolute Gasteiger partial charge is 0.477 e. The van der Waals surface area contributed by atoms with Crippen LogP contribution in [0.3, 0.4) is 0 Å². The normalized spacial score (nSPS) is 27.8. The number of rotatable bonds is 1. The summed E-state index contributed by atoms with van der Waals surface area (Å²) < 4.78 is 7.27. The third kappa shape index (κ3) is 3.10. The molecule has 1 aliphatic carbocycles. The Balaban J connectivity index is 2.33. The van der Waals surface area contributed by atoms with Crippen LogP contribution in [0.5, 0.6) is 0 Å². The van der Waals surface area contributed by atoms with Crippen LogP contribution in [0.4, 0.5) is 0 Å². The number of ether oxygens (including phenoxy) is 1. The van der Waals surface area contributed by atoms with Crippen molar-refractivity contribution in [3.8, 4) is 0 Å². The second-order valence-electron chi connectivity index (χ2n) is 7.42. The molecule has 19 heavy (non-hydrogen) atoms. The predicted octanol–water partition coefficient (Wildman–Crippen LogP) is 4.37. The Bertz CT molecular complexity index is 477. The van der Waals surface area contributed by atoms with Crippen LogP contribution in [-0.4, -0.2) is 20.7 Å². The van der Waals surface area contributed by atoms with Gasteiger partial charge in [0.15, 0.2) is 5.88 Å². The van der Waals surface area contributed by atoms with E-state index in [1.807, 2.05) is 0 Å². The molecule has 1 heterocycles. The summed E-state index contributed by atoms with van der Waals surface area (Å²) in [6, 6.07) is 0.391. The highest BCUT2D eigenvalue weighted by atomic mass is 127. The van der Waals surface area contributed by atoms with Crippen molar-refractivity contribution in [3.05, 3.63) is 32.4 Å². The van der Waals surface area contributed by atoms with Gasteiger partial charge in [-0.05, 0) is 39.3 Å². The fraction of sp³-hybridized carbons (Fsp3) is 0.600. The maximum atomic E-state index is 5.98. The molecule has 0 aromatic carbocycles. The highest BCUT2D eigenvalue weighted by Crippen LogP contribution is 2.39. The van der Waals surface area contributed by atoms with E-state index in [0.29, 0.717) is 6.04 Å². The highest BCUT2D eigenvalue weighted by Gasteiger charge is 2.36. The summed E-state index contributed by atoms with van der Waals surface area (Å²) in [5.41, 5.74) is 1.53. The first kappa shape index (κ1) is 15.2. The fourth-order valence-electron chi connectivity index (χ4n) is 2.33. The molecule has 0 aromatic rings. The summed E-state index contributed by atoms with van der Waals surface area (Å²) in [5.74, 6) is 0.992. The Labute approximate surface area is 131 Å². The molecular weight excluding hydrogens is 365 g/mol. The van der Waals surface area contributed by atoms with Gasteiger partial charge in [-0.25, -0.2) is 0 Å². The molecular formula is C15H24INOSi. The minimum absolute atomic E-state index is 0.221. The van der Waals surface area contributed by atoms with E-state index in [1.54, 1.807) is 0 Å². The summed E-state index contributed by atoms with van der Waals surface area (Å²) in [6.45, 7) is 14.7. The average molecular weight is 389 g/mol. The molecule has 1 aliphatic heterocycles. The Morgan fingerprint density at radius 2 is 1.89 bits per heavy atom. The van der Waals surface area contributed by atoms with Crippen molar-refractivity contribution >= 4 is 30.7 Å². The Hall–Kier alpha value is -0.233. The minimum atomic E-state index is -1.34. The van der Waals surface area contributed by atoms with Gasteiger partial charge in [-0.1, -0.05) is 46.5 Å². The van der Waals surface area contributed by atoms with Gasteiger partial charge in [0, 0.05) is 9.15 Å². The van der Waals surface area contributed by atoms with E-state index in [4.69, 9.17) is 4.74 Å². The van der Waals surface area contributed by atoms with Gasteiger partial charge < -0.3 is 10.1 Å². The minimum Gasteiger partial charge on any atom is -0.477 e. The van der Waals surface area contributed by atoms with E-state index >= 15 is 0 Å². The van der Waals surface area contributed by atoms with Crippen LogP contribution in [0, 0.1) is 5.41 Å². The van der Waals surface area contributed by atoms with Crippen molar-refractivity contribution in [1.29, 1.82) is 0 Å². The van der Waals surface area contributed by atoms with Crippen LogP contribution < -0.4 is 5.32 Å². The molecule has 0 aromatic heterocycles. The number of nitrogens with one attached hydrogen (secondary N) is 1. The van der Waals surface area contributed by atoms with Crippen molar-refractivity contribution in [3.63, 3.8) is 0 Å². The molecule has 0 bridgehead atoms. The van der Waals surface area contributed by atoms with E-state index in [9.17, 15) is 0 Å². The smallest absolute Gasteiger partial charge is 0.195 e. The van der Waals surface area contributed by atoms with Crippen LogP contribution in [0.2, 0.25) is 19.6 Å². The Morgan fingerprint density at radius 3 is 2.37 bits per heavy atom. The molecule has 1 atom stereocenters. The molecule has 0 unspecified atom stereocenters. The second kappa shape index (κ2) is 4.95. The lowest BCUT2D eigenvalue weighted by molar-refractivity contribution is 0.214. The maximum Gasteiger partial charge on any atom is 0.195 e. The van der Waals surface area contributed by atoms with Crippen molar-refractivity contribution in [2.45, 2.75) is 46.5 Å². The first-order chi connectivity index (χ1) is 8.60. The van der Waals surface area contributed by atoms with Crippen LogP contribution in [-0.2, 0) is 4.74 Å². The lowest BCUT2D eigenvalue weighted by Gasteiger charge is -2.25. The van der Waals surface area contributed by atoms with Gasteiger partial charge in [0.1, 0.15) is 6.61 Å². The molecule has 1 saturated heterocycles. The molecule has 0 radical (unpaired) electrons. The van der Waals surface area contributed by atoms with Gasteiger partial charge in [-0.3, -0.25) is 0 Å². The molecule has 0 saturated carbocycles. The predicted molar refractivity (Wildman–Crippen MR) is 92.9 cm³/mol. The lowest BCUT2D eigenvalue weighted by Crippen LogP contribution is -2.37. The topological polar surface area (TPSA) is 21.3 Å². The zero-order chi connectivity index (χ0) is 14.4. The molecule has 1 N–H and O–H groups in total. The molecule has 0 amide bonds. The van der Waals surface area contributed by atoms with Crippen molar-refractivity contribution in [2.75, 3.05) is 6.61 Å². The Morgan fingerprint density at radius 1 is 1.26 bits per heavy atom. The quantitative estimate of drug-likeness (QED) is 0.531. The van der Waals surface area contributed by atoms with Crippen LogP contribution in [0.25, 0.3) is 0 Å². The molecule has 4 heteroatoms. The summed E-state index contributed by atoms with van der Waals surface area (Å²) >= 11 is 2.42. The van der Waals surface area contributed by atoms with Crippen molar-refractivity contribution in [1.82, 2.24) is 5.32 Å². The molecule has 106 valence electrons. The SMILES string of the molecule is CC(C)(C)[C@H]1COC(=C2C(I)=CC=C2[Si](C)(C)C)N1. The summed E-state index contributed by atoms with van der Waals surface area (Å²) in [4.78, 5) is 0. The van der Waals surface area contributed by atoms with Crippen LogP contribution in [0.1, 0.15) is 20.8 Å². The van der Waals surface area contributed by atoms with E-state index in [2.05, 4.69) is 80.5 Å². The van der Waals surface area contributed by atoms with Crippen LogP contribution in [0.15, 0.2) is 32.4 Å². The first-order valence-electron chi connectivity index (χ1n) is 6.83. The molecule has 2 rings (SSSR count). The molecule has 2 aliphatic rings. The first-order valence-corrected chi connectivity index (χ1v) is 11.4. The Kier molecular flexibility index (Phi) is 3.95. The zero-order valence-corrected chi connectivity index (χ0v) is 15.9. The van der Waals surface area contributed by atoms with Gasteiger partial charge in [-0.15, -0.1) is 0 Å². The van der Waals surface area contributed by atoms with E-state index in [0.717, 1.165) is 12.5 Å². The summed E-state index contributed by atoms with van der Waals surface area (Å²) in [5, 5.41) is 5.09. The highest BCUT2D eigenvalue weighted by molar-refractivity contribution is 14.1. The second-order valence-corrected chi connectivity index (χ2v) is 13.6. The number of halogens is 1. The molecule has 2 nitrogen and oxygen atoms in total. The van der Waals surface area contributed by atoms with Gasteiger partial charge in [0.25, 0.3) is 0 Å². The fourth-order valence-corrected chi connectivity index (χ4v) is 4.88. The monoisotopic (exact) mass is 389 g/mol. The van der Waals surface area contributed by atoms with E-state index < -0.39 is 8.07 Å². The number of hydrogen-bond acceptors (Lipinski definition) is 2. The third-order valence-corrected chi connectivity index (χ3v) is 6.62.